The van der Waals surface area contributed by atoms with Crippen molar-refractivity contribution in [1.82, 2.24) is 0 Å². The summed E-state index contributed by atoms with van der Waals surface area (Å²) in [6, 6.07) is 1.85. The van der Waals surface area contributed by atoms with Crippen molar-refractivity contribution in [3.63, 3.8) is 0 Å². The summed E-state index contributed by atoms with van der Waals surface area (Å²) in [5.41, 5.74) is 0.902. The van der Waals surface area contributed by atoms with Gasteiger partial charge in [-0.3, -0.25) is 0 Å². The van der Waals surface area contributed by atoms with Crippen molar-refractivity contribution < 1.29 is 28.0 Å². The summed E-state index contributed by atoms with van der Waals surface area (Å²) in [7, 11) is -5.42. The highest BCUT2D eigenvalue weighted by atomic mass is 35.7. The standard InChI is InChI=1S/C7H5ClO4S2/c9-8(10,11)12-14-4-2-7-6(5-14)1-3-13-7/h1-5H. The van der Waals surface area contributed by atoms with Crippen LogP contribution in [0.1, 0.15) is 10.4 Å². The number of halogens is 1. The summed E-state index contributed by atoms with van der Waals surface area (Å²) >= 11 is 1.55. The molecule has 1 aliphatic rings. The zero-order valence-corrected chi connectivity index (χ0v) is 9.10. The van der Waals surface area contributed by atoms with Gasteiger partial charge in [0.15, 0.2) is 0 Å². The third-order valence-electron chi connectivity index (χ3n) is 1.47. The predicted octanol–water partition coefficient (Wildman–Crippen LogP) is -1.02. The molecule has 0 fully saturated rings. The van der Waals surface area contributed by atoms with E-state index in [0.29, 0.717) is 0 Å². The highest BCUT2D eigenvalue weighted by Crippen LogP contribution is 2.30. The molecule has 0 N–H and O–H groups in total. The van der Waals surface area contributed by atoms with Crippen LogP contribution in [0.15, 0.2) is 16.9 Å². The van der Waals surface area contributed by atoms with Gasteiger partial charge >= 0.3 is 0 Å². The zero-order valence-electron chi connectivity index (χ0n) is 6.71. The first kappa shape index (κ1) is 10.3. The van der Waals surface area contributed by atoms with E-state index in [1.807, 2.05) is 11.4 Å². The van der Waals surface area contributed by atoms with E-state index < -0.39 is 21.0 Å². The van der Waals surface area contributed by atoms with Gasteiger partial charge < -0.3 is 0 Å². The third kappa shape index (κ3) is 2.43. The van der Waals surface area contributed by atoms with Gasteiger partial charge in [-0.15, -0.1) is 11.3 Å². The Kier molecular flexibility index (Phi) is 2.76. The van der Waals surface area contributed by atoms with Gasteiger partial charge in [0.25, 0.3) is 0 Å². The molecule has 2 rings (SSSR count). The number of fused-ring (bicyclic) bond motifs is 1. The van der Waals surface area contributed by atoms with Crippen LogP contribution in [-0.4, -0.2) is 5.37 Å². The van der Waals surface area contributed by atoms with Crippen LogP contribution >= 0.6 is 22.1 Å². The predicted molar refractivity (Wildman–Crippen MR) is 47.2 cm³/mol. The van der Waals surface area contributed by atoms with Crippen LogP contribution in [0.3, 0.4) is 0 Å². The Hall–Kier alpha value is -0.210. The van der Waals surface area contributed by atoms with Crippen LogP contribution in [-0.2, 0) is 3.74 Å². The maximum Gasteiger partial charge on any atom is 0.140 e. The Morgan fingerprint density at radius 2 is 2.14 bits per heavy atom. The van der Waals surface area contributed by atoms with Crippen LogP contribution in [0.4, 0.5) is 0 Å². The Balaban J connectivity index is 2.23. The summed E-state index contributed by atoms with van der Waals surface area (Å²) in [6.45, 7) is 0. The molecular formula is C7H5ClO4S2. The Morgan fingerprint density at radius 3 is 2.86 bits per heavy atom. The van der Waals surface area contributed by atoms with Gasteiger partial charge in [0, 0.05) is 21.2 Å². The zero-order chi connectivity index (χ0) is 10.2. The van der Waals surface area contributed by atoms with Gasteiger partial charge in [0.2, 0.25) is 0 Å². The van der Waals surface area contributed by atoms with E-state index in [-0.39, 0.29) is 0 Å². The van der Waals surface area contributed by atoms with E-state index >= 15 is 0 Å². The highest BCUT2D eigenvalue weighted by Gasteiger charge is 2.22. The van der Waals surface area contributed by atoms with E-state index in [2.05, 4.69) is 3.74 Å². The number of hydrogen-bond acceptors (Lipinski definition) is 5. The molecule has 4 nitrogen and oxygen atoms in total. The first-order valence-corrected chi connectivity index (χ1v) is 6.87. The van der Waals surface area contributed by atoms with Gasteiger partial charge in [-0.2, -0.15) is 14.0 Å². The lowest BCUT2D eigenvalue weighted by molar-refractivity contribution is -1.91. The van der Waals surface area contributed by atoms with Gasteiger partial charge in [-0.05, 0) is 17.5 Å². The van der Waals surface area contributed by atoms with E-state index in [1.54, 1.807) is 28.2 Å². The molecule has 2 heterocycles. The fraction of sp³-hybridized carbons (Fsp3) is 0. The second-order valence-electron chi connectivity index (χ2n) is 2.43. The molecule has 0 saturated carbocycles. The summed E-state index contributed by atoms with van der Waals surface area (Å²) in [5, 5.41) is 5.07. The molecule has 1 aromatic rings. The lowest BCUT2D eigenvalue weighted by Gasteiger charge is -2.13. The fourth-order valence-corrected chi connectivity index (χ4v) is 3.75. The van der Waals surface area contributed by atoms with Gasteiger partial charge in [-0.25, -0.2) is 0 Å². The molecule has 0 spiro atoms. The quantitative estimate of drug-likeness (QED) is 0.632. The maximum atomic E-state index is 10.3. The van der Waals surface area contributed by atoms with Gasteiger partial charge in [0.05, 0.1) is 10.2 Å². The molecule has 0 saturated heterocycles. The summed E-state index contributed by atoms with van der Waals surface area (Å²) < 4.78 is 35.2. The maximum absolute atomic E-state index is 10.3. The molecule has 1 unspecified atom stereocenters. The van der Waals surface area contributed by atoms with Crippen molar-refractivity contribution in [3.8, 4) is 0 Å². The minimum Gasteiger partial charge on any atom is -0.182 e. The Bertz CT molecular complexity index is 404. The second-order valence-corrected chi connectivity index (χ2v) is 5.80. The molecule has 0 aromatic carbocycles. The number of hydrogen-bond donors (Lipinski definition) is 0. The third-order valence-corrected chi connectivity index (χ3v) is 4.46. The van der Waals surface area contributed by atoms with E-state index in [9.17, 15) is 14.0 Å². The first-order valence-electron chi connectivity index (χ1n) is 3.48. The molecule has 0 aliphatic carbocycles. The minimum absolute atomic E-state index is 0.902. The van der Waals surface area contributed by atoms with Crippen molar-refractivity contribution >= 4 is 33.5 Å². The average Bonchev–Trinajstić information content (AvgIpc) is 2.47. The number of thiophene rings is 1. The average molecular weight is 253 g/mol. The van der Waals surface area contributed by atoms with Crippen molar-refractivity contribution in [2.24, 2.45) is 0 Å². The lowest BCUT2D eigenvalue weighted by atomic mass is 10.3. The molecule has 0 bridgehead atoms. The molecule has 1 atom stereocenters. The normalized spacial score (nSPS) is 20.4. The molecule has 1 aliphatic heterocycles. The lowest BCUT2D eigenvalue weighted by Crippen LogP contribution is -2.60. The van der Waals surface area contributed by atoms with Crippen LogP contribution in [0.5, 0.6) is 0 Å². The highest BCUT2D eigenvalue weighted by molar-refractivity contribution is 8.13. The monoisotopic (exact) mass is 252 g/mol. The van der Waals surface area contributed by atoms with E-state index in [4.69, 9.17) is 0 Å². The van der Waals surface area contributed by atoms with Crippen molar-refractivity contribution in [3.05, 3.63) is 27.3 Å². The molecular weight excluding hydrogens is 248 g/mol. The van der Waals surface area contributed by atoms with Crippen molar-refractivity contribution in [2.45, 2.75) is 0 Å². The van der Waals surface area contributed by atoms with E-state index in [1.165, 1.54) is 0 Å². The molecule has 7 heteroatoms. The molecule has 76 valence electrons. The Morgan fingerprint density at radius 1 is 1.36 bits per heavy atom. The van der Waals surface area contributed by atoms with Crippen LogP contribution in [0.2, 0.25) is 0 Å². The molecule has 0 radical (unpaired) electrons. The second kappa shape index (κ2) is 3.74. The summed E-state index contributed by atoms with van der Waals surface area (Å²) in [4.78, 5) is 1.04. The van der Waals surface area contributed by atoms with E-state index in [0.717, 1.165) is 10.4 Å². The Labute approximate surface area is 88.9 Å². The van der Waals surface area contributed by atoms with Crippen LogP contribution in [0.25, 0.3) is 6.08 Å². The summed E-state index contributed by atoms with van der Waals surface area (Å²) in [6.07, 6.45) is 1.75. The van der Waals surface area contributed by atoms with Crippen LogP contribution in [0, 0.1) is 10.2 Å². The largest absolute Gasteiger partial charge is 0.182 e. The fourth-order valence-electron chi connectivity index (χ4n) is 0.985. The molecule has 0 amide bonds. The first-order chi connectivity index (χ1) is 6.54. The summed E-state index contributed by atoms with van der Waals surface area (Å²) in [5.74, 6) is 0. The van der Waals surface area contributed by atoms with Crippen molar-refractivity contribution in [2.75, 3.05) is 0 Å². The number of rotatable bonds is 2. The molecule has 1 aromatic heterocycles. The SMILES string of the molecule is [O-][Cl+3]([O-])([O-])OS1=Cc2ccsc2C=C1. The topological polar surface area (TPSA) is 78.4 Å². The molecule has 14 heavy (non-hydrogen) atoms. The smallest absolute Gasteiger partial charge is 0.140 e. The van der Waals surface area contributed by atoms with Gasteiger partial charge in [-0.1, -0.05) is 0 Å². The minimum atomic E-state index is -4.36. The van der Waals surface area contributed by atoms with Gasteiger partial charge in [0.1, 0.15) is 14.5 Å². The van der Waals surface area contributed by atoms with Crippen molar-refractivity contribution in [1.29, 1.82) is 0 Å². The van der Waals surface area contributed by atoms with Crippen LogP contribution < -0.4 is 14.0 Å².